The number of carbonyl (C=O) groups excluding carboxylic acids is 1. The molecule has 2 heterocycles. The second-order valence-corrected chi connectivity index (χ2v) is 10.3. The monoisotopic (exact) mass is 538 g/mol. The van der Waals surface area contributed by atoms with Gasteiger partial charge in [0.1, 0.15) is 0 Å². The zero-order valence-electron chi connectivity index (χ0n) is 16.7. The lowest BCUT2D eigenvalue weighted by atomic mass is 10.1. The molecule has 0 atom stereocenters. The van der Waals surface area contributed by atoms with E-state index < -0.39 is 0 Å². The van der Waals surface area contributed by atoms with Crippen molar-refractivity contribution in [2.75, 3.05) is 4.90 Å². The minimum Gasteiger partial charge on any atom is -0.342 e. The Morgan fingerprint density at radius 3 is 2.56 bits per heavy atom. The lowest BCUT2D eigenvalue weighted by Crippen LogP contribution is -2.27. The molecule has 1 aromatic heterocycles. The van der Waals surface area contributed by atoms with Crippen LogP contribution in [0, 0.1) is 0 Å². The quantitative estimate of drug-likeness (QED) is 0.198. The molecule has 0 saturated carbocycles. The molecule has 0 spiro atoms. The summed E-state index contributed by atoms with van der Waals surface area (Å²) in [4.78, 5) is 15.4. The van der Waals surface area contributed by atoms with E-state index in [9.17, 15) is 4.79 Å². The van der Waals surface area contributed by atoms with Crippen LogP contribution in [0.5, 0.6) is 0 Å². The number of carbonyl (C=O) groups is 1. The summed E-state index contributed by atoms with van der Waals surface area (Å²) in [5, 5.41) is 1.79. The van der Waals surface area contributed by atoms with Gasteiger partial charge in [-0.15, -0.1) is 0 Å². The average Bonchev–Trinajstić information content (AvgIpc) is 3.26. The van der Waals surface area contributed by atoms with E-state index in [-0.39, 0.29) is 5.91 Å². The predicted octanol–water partition coefficient (Wildman–Crippen LogP) is 7.51. The second kappa shape index (κ2) is 8.87. The van der Waals surface area contributed by atoms with Gasteiger partial charge in [0.15, 0.2) is 4.32 Å². The van der Waals surface area contributed by atoms with Crippen molar-refractivity contribution in [2.45, 2.75) is 6.54 Å². The van der Waals surface area contributed by atoms with E-state index in [1.54, 1.807) is 4.90 Å². The topological polar surface area (TPSA) is 25.2 Å². The number of halogens is 2. The van der Waals surface area contributed by atoms with Crippen molar-refractivity contribution < 1.29 is 4.79 Å². The van der Waals surface area contributed by atoms with E-state index in [1.807, 2.05) is 66.7 Å². The summed E-state index contributed by atoms with van der Waals surface area (Å²) in [6.07, 6.45) is 4.00. The first-order valence-corrected chi connectivity index (χ1v) is 12.3. The van der Waals surface area contributed by atoms with Gasteiger partial charge in [-0.3, -0.25) is 9.69 Å². The second-order valence-electron chi connectivity index (χ2n) is 7.32. The number of benzene rings is 3. The van der Waals surface area contributed by atoms with Crippen LogP contribution in [0.2, 0.25) is 5.02 Å². The molecule has 0 N–H and O–H groups in total. The lowest BCUT2D eigenvalue weighted by Gasteiger charge is -2.13. The number of rotatable bonds is 4. The van der Waals surface area contributed by atoms with Crippen LogP contribution in [-0.2, 0) is 11.3 Å². The van der Waals surface area contributed by atoms with Crippen molar-refractivity contribution in [2.24, 2.45) is 0 Å². The van der Waals surface area contributed by atoms with Crippen LogP contribution in [0.15, 0.2) is 88.4 Å². The molecular weight excluding hydrogens is 524 g/mol. The number of amides is 1. The van der Waals surface area contributed by atoms with Crippen molar-refractivity contribution in [3.05, 3.63) is 105 Å². The lowest BCUT2D eigenvalue weighted by molar-refractivity contribution is -0.113. The Labute approximate surface area is 208 Å². The van der Waals surface area contributed by atoms with Gasteiger partial charge in [0.25, 0.3) is 5.91 Å². The summed E-state index contributed by atoms with van der Waals surface area (Å²) in [5.74, 6) is -0.104. The molecule has 3 aromatic carbocycles. The van der Waals surface area contributed by atoms with Crippen LogP contribution < -0.4 is 4.90 Å². The molecule has 1 saturated heterocycles. The standard InChI is InChI=1S/C25H16BrClN2OS2/c26-18-10-11-22-20(13-18)17(15-28(22)14-16-6-4-5-9-21(16)27)12-23-24(30)29(25(31)32-23)19-7-2-1-3-8-19/h1-13,15H,14H2/b23-12-. The van der Waals surface area contributed by atoms with Crippen LogP contribution in [-0.4, -0.2) is 14.8 Å². The first-order valence-electron chi connectivity index (χ1n) is 9.86. The van der Waals surface area contributed by atoms with Gasteiger partial charge < -0.3 is 4.57 Å². The third kappa shape index (κ3) is 4.04. The number of fused-ring (bicyclic) bond motifs is 1. The Hall–Kier alpha value is -2.38. The highest BCUT2D eigenvalue weighted by atomic mass is 79.9. The van der Waals surface area contributed by atoms with E-state index in [4.69, 9.17) is 23.8 Å². The minimum absolute atomic E-state index is 0.104. The van der Waals surface area contributed by atoms with Gasteiger partial charge in [-0.1, -0.05) is 87.9 Å². The van der Waals surface area contributed by atoms with Gasteiger partial charge in [-0.2, -0.15) is 0 Å². The highest BCUT2D eigenvalue weighted by Crippen LogP contribution is 2.37. The number of para-hydroxylation sites is 1. The summed E-state index contributed by atoms with van der Waals surface area (Å²) in [6.45, 7) is 0.636. The van der Waals surface area contributed by atoms with E-state index in [0.29, 0.717) is 15.8 Å². The molecule has 0 bridgehead atoms. The molecule has 1 fully saturated rings. The summed E-state index contributed by atoms with van der Waals surface area (Å²) < 4.78 is 3.67. The first kappa shape index (κ1) is 21.5. The number of anilines is 1. The van der Waals surface area contributed by atoms with E-state index in [2.05, 4.69) is 38.8 Å². The molecule has 0 radical (unpaired) electrons. The molecule has 1 aliphatic rings. The Morgan fingerprint density at radius 2 is 1.78 bits per heavy atom. The summed E-state index contributed by atoms with van der Waals surface area (Å²) >= 11 is 16.8. The predicted molar refractivity (Wildman–Crippen MR) is 142 cm³/mol. The molecule has 7 heteroatoms. The largest absolute Gasteiger partial charge is 0.342 e. The molecular formula is C25H16BrClN2OS2. The van der Waals surface area contributed by atoms with Crippen LogP contribution >= 0.6 is 51.5 Å². The molecule has 5 rings (SSSR count). The Bertz CT molecular complexity index is 1400. The zero-order chi connectivity index (χ0) is 22.2. The van der Waals surface area contributed by atoms with Gasteiger partial charge in [0.2, 0.25) is 0 Å². The molecule has 3 nitrogen and oxygen atoms in total. The van der Waals surface area contributed by atoms with E-state index in [1.165, 1.54) is 11.8 Å². The van der Waals surface area contributed by atoms with Gasteiger partial charge in [-0.05, 0) is 48.0 Å². The summed E-state index contributed by atoms with van der Waals surface area (Å²) in [7, 11) is 0. The van der Waals surface area contributed by atoms with Crippen LogP contribution in [0.1, 0.15) is 11.1 Å². The fourth-order valence-corrected chi connectivity index (χ4v) is 5.61. The minimum atomic E-state index is -0.104. The number of hydrogen-bond donors (Lipinski definition) is 0. The van der Waals surface area contributed by atoms with Crippen LogP contribution in [0.3, 0.4) is 0 Å². The SMILES string of the molecule is O=C1/C(=C/c2cn(Cc3ccccc3Cl)c3ccc(Br)cc23)SC(=S)N1c1ccccc1. The fourth-order valence-electron chi connectivity index (χ4n) is 3.76. The third-order valence-electron chi connectivity index (χ3n) is 5.27. The normalized spacial score (nSPS) is 15.3. The number of nitrogens with zero attached hydrogens (tertiary/aromatic N) is 2. The summed E-state index contributed by atoms with van der Waals surface area (Å²) in [6, 6.07) is 23.5. The van der Waals surface area contributed by atoms with Crippen molar-refractivity contribution in [1.82, 2.24) is 4.57 Å². The molecule has 4 aromatic rings. The average molecular weight is 540 g/mol. The number of thiocarbonyl (C=S) groups is 1. The first-order chi connectivity index (χ1) is 15.5. The van der Waals surface area contributed by atoms with Gasteiger partial charge >= 0.3 is 0 Å². The molecule has 32 heavy (non-hydrogen) atoms. The molecule has 158 valence electrons. The molecule has 1 amide bonds. The zero-order valence-corrected chi connectivity index (χ0v) is 20.6. The highest BCUT2D eigenvalue weighted by Gasteiger charge is 2.33. The van der Waals surface area contributed by atoms with Crippen molar-refractivity contribution in [3.8, 4) is 0 Å². The van der Waals surface area contributed by atoms with Crippen molar-refractivity contribution in [3.63, 3.8) is 0 Å². The van der Waals surface area contributed by atoms with Gasteiger partial charge in [0.05, 0.1) is 10.6 Å². The molecule has 1 aliphatic heterocycles. The molecule has 0 aliphatic carbocycles. The van der Waals surface area contributed by atoms with Crippen molar-refractivity contribution in [1.29, 1.82) is 0 Å². The smallest absolute Gasteiger partial charge is 0.270 e. The maximum absolute atomic E-state index is 13.2. The number of thioether (sulfide) groups is 1. The molecule has 0 unspecified atom stereocenters. The summed E-state index contributed by atoms with van der Waals surface area (Å²) in [5.41, 5.74) is 3.85. The number of aromatic nitrogens is 1. The Morgan fingerprint density at radius 1 is 1.03 bits per heavy atom. The Balaban J connectivity index is 1.57. The van der Waals surface area contributed by atoms with Gasteiger partial charge in [0, 0.05) is 38.7 Å². The van der Waals surface area contributed by atoms with Crippen LogP contribution in [0.4, 0.5) is 5.69 Å². The fraction of sp³-hybridized carbons (Fsp3) is 0.0400. The van der Waals surface area contributed by atoms with Crippen LogP contribution in [0.25, 0.3) is 17.0 Å². The Kier molecular flexibility index (Phi) is 5.95. The maximum Gasteiger partial charge on any atom is 0.270 e. The highest BCUT2D eigenvalue weighted by molar-refractivity contribution is 9.10. The van der Waals surface area contributed by atoms with Crippen molar-refractivity contribution >= 4 is 84.4 Å². The number of hydrogen-bond acceptors (Lipinski definition) is 3. The van der Waals surface area contributed by atoms with E-state index >= 15 is 0 Å². The van der Waals surface area contributed by atoms with Gasteiger partial charge in [-0.25, -0.2) is 0 Å². The maximum atomic E-state index is 13.2. The third-order valence-corrected chi connectivity index (χ3v) is 7.43. The van der Waals surface area contributed by atoms with E-state index in [0.717, 1.165) is 37.2 Å².